The van der Waals surface area contributed by atoms with Crippen LogP contribution in [0.4, 0.5) is 0 Å². The zero-order valence-corrected chi connectivity index (χ0v) is 16.0. The van der Waals surface area contributed by atoms with Crippen molar-refractivity contribution in [3.63, 3.8) is 0 Å². The Morgan fingerprint density at radius 2 is 1.88 bits per heavy atom. The maximum atomic E-state index is 11.6. The second-order valence-electron chi connectivity index (χ2n) is 6.47. The van der Waals surface area contributed by atoms with Gasteiger partial charge >= 0.3 is 0 Å². The van der Waals surface area contributed by atoms with Gasteiger partial charge in [0.15, 0.2) is 0 Å². The van der Waals surface area contributed by atoms with Crippen LogP contribution in [0.5, 0.6) is 0 Å². The summed E-state index contributed by atoms with van der Waals surface area (Å²) >= 11 is 12.4. The lowest BCUT2D eigenvalue weighted by Crippen LogP contribution is -2.45. The third-order valence-electron chi connectivity index (χ3n) is 4.94. The summed E-state index contributed by atoms with van der Waals surface area (Å²) in [6.07, 6.45) is 6.27. The van der Waals surface area contributed by atoms with Crippen LogP contribution < -0.4 is 0 Å². The summed E-state index contributed by atoms with van der Waals surface area (Å²) in [6.45, 7) is 2.10. The Morgan fingerprint density at radius 3 is 2.54 bits per heavy atom. The van der Waals surface area contributed by atoms with E-state index in [1.807, 2.05) is 18.2 Å². The van der Waals surface area contributed by atoms with Crippen molar-refractivity contribution in [3.05, 3.63) is 33.8 Å². The number of rotatable bonds is 5. The van der Waals surface area contributed by atoms with Crippen molar-refractivity contribution < 1.29 is 9.53 Å². The highest BCUT2D eigenvalue weighted by molar-refractivity contribution is 6.35. The van der Waals surface area contributed by atoms with Crippen LogP contribution in [0, 0.1) is 0 Å². The van der Waals surface area contributed by atoms with E-state index in [2.05, 4.69) is 4.90 Å². The summed E-state index contributed by atoms with van der Waals surface area (Å²) in [7, 11) is 0. The van der Waals surface area contributed by atoms with Crippen molar-refractivity contribution in [3.8, 4) is 0 Å². The molecule has 0 bridgehead atoms. The summed E-state index contributed by atoms with van der Waals surface area (Å²) in [6, 6.07) is 5.97. The number of Topliss-reactive ketones (excluding diaryl/α,β-unsaturated/α-hetero) is 1. The summed E-state index contributed by atoms with van der Waals surface area (Å²) < 4.78 is 6.19. The van der Waals surface area contributed by atoms with E-state index in [1.165, 1.54) is 12.8 Å². The first-order valence-electron chi connectivity index (χ1n) is 8.45. The Balaban J connectivity index is 0.00000208. The molecule has 3 rings (SSSR count). The lowest BCUT2D eigenvalue weighted by atomic mass is 9.91. The molecule has 134 valence electrons. The molecular weight excluding hydrogens is 369 g/mol. The van der Waals surface area contributed by atoms with Gasteiger partial charge in [-0.3, -0.25) is 9.69 Å². The number of carbonyl (C=O) groups excluding carboxylic acids is 1. The molecule has 24 heavy (non-hydrogen) atoms. The first-order chi connectivity index (χ1) is 11.1. The van der Waals surface area contributed by atoms with Gasteiger partial charge in [0.2, 0.25) is 0 Å². The molecule has 1 saturated heterocycles. The van der Waals surface area contributed by atoms with E-state index in [1.54, 1.807) is 0 Å². The molecular formula is C18H24Cl3NO2. The van der Waals surface area contributed by atoms with Crippen LogP contribution in [0.25, 0.3) is 0 Å². The van der Waals surface area contributed by atoms with Gasteiger partial charge in [0.25, 0.3) is 0 Å². The molecule has 2 atom stereocenters. The van der Waals surface area contributed by atoms with Crippen LogP contribution >= 0.6 is 35.6 Å². The number of ketones is 1. The fourth-order valence-electron chi connectivity index (χ4n) is 3.71. The van der Waals surface area contributed by atoms with Gasteiger partial charge < -0.3 is 4.74 Å². The quantitative estimate of drug-likeness (QED) is 0.735. The summed E-state index contributed by atoms with van der Waals surface area (Å²) in [5.74, 6) is 0.358. The van der Waals surface area contributed by atoms with E-state index in [4.69, 9.17) is 27.9 Å². The molecule has 1 aliphatic carbocycles. The fourth-order valence-corrected chi connectivity index (χ4v) is 4.30. The Morgan fingerprint density at radius 1 is 1.17 bits per heavy atom. The van der Waals surface area contributed by atoms with Crippen molar-refractivity contribution >= 4 is 41.4 Å². The molecule has 2 aliphatic rings. The molecule has 1 aromatic carbocycles. The van der Waals surface area contributed by atoms with Crippen LogP contribution in [0.1, 0.15) is 37.7 Å². The van der Waals surface area contributed by atoms with E-state index in [0.717, 1.165) is 31.4 Å². The molecule has 0 spiro atoms. The lowest BCUT2D eigenvalue weighted by molar-refractivity contribution is -0.117. The van der Waals surface area contributed by atoms with E-state index < -0.39 is 0 Å². The SMILES string of the molecule is Cl.O=C1CCN(C2CCCCC2OCCc2c(Cl)cccc2Cl)C1. The largest absolute Gasteiger partial charge is 0.376 e. The van der Waals surface area contributed by atoms with Gasteiger partial charge in [-0.05, 0) is 37.0 Å². The molecule has 1 aromatic rings. The average Bonchev–Trinajstić information content (AvgIpc) is 2.97. The normalized spacial score (nSPS) is 24.8. The number of hydrogen-bond donors (Lipinski definition) is 0. The summed E-state index contributed by atoms with van der Waals surface area (Å²) in [5, 5.41) is 1.40. The standard InChI is InChI=1S/C18H23Cl2NO2.ClH/c19-15-4-3-5-16(20)14(15)9-11-23-18-7-2-1-6-17(18)21-10-8-13(22)12-21;/h3-5,17-18H,1-2,6-12H2;1H. The van der Waals surface area contributed by atoms with Crippen LogP contribution in [0.15, 0.2) is 18.2 Å². The molecule has 2 unspecified atom stereocenters. The van der Waals surface area contributed by atoms with Crippen molar-refractivity contribution in [1.29, 1.82) is 0 Å². The minimum absolute atomic E-state index is 0. The molecule has 1 heterocycles. The smallest absolute Gasteiger partial charge is 0.148 e. The summed E-state index contributed by atoms with van der Waals surface area (Å²) in [4.78, 5) is 13.9. The molecule has 2 fully saturated rings. The molecule has 0 aromatic heterocycles. The van der Waals surface area contributed by atoms with Gasteiger partial charge in [0.1, 0.15) is 5.78 Å². The Kier molecular flexibility index (Phi) is 7.83. The highest BCUT2D eigenvalue weighted by atomic mass is 35.5. The van der Waals surface area contributed by atoms with Gasteiger partial charge in [-0.2, -0.15) is 0 Å². The molecule has 0 N–H and O–H groups in total. The van der Waals surface area contributed by atoms with Crippen LogP contribution in [0.3, 0.4) is 0 Å². The Labute approximate surface area is 160 Å². The second-order valence-corrected chi connectivity index (χ2v) is 7.28. The number of benzene rings is 1. The van der Waals surface area contributed by atoms with Crippen LogP contribution in [0.2, 0.25) is 10.0 Å². The number of nitrogens with zero attached hydrogens (tertiary/aromatic N) is 1. The number of carbonyl (C=O) groups is 1. The maximum Gasteiger partial charge on any atom is 0.148 e. The van der Waals surface area contributed by atoms with Crippen molar-refractivity contribution in [2.45, 2.75) is 50.7 Å². The third kappa shape index (κ3) is 4.86. The lowest BCUT2D eigenvalue weighted by Gasteiger charge is -2.37. The molecule has 1 saturated carbocycles. The van der Waals surface area contributed by atoms with E-state index >= 15 is 0 Å². The average molecular weight is 393 g/mol. The van der Waals surface area contributed by atoms with E-state index in [0.29, 0.717) is 41.4 Å². The van der Waals surface area contributed by atoms with Gasteiger partial charge in [0, 0.05) is 29.1 Å². The zero-order chi connectivity index (χ0) is 16.2. The van der Waals surface area contributed by atoms with Gasteiger partial charge in [-0.15, -0.1) is 12.4 Å². The molecule has 3 nitrogen and oxygen atoms in total. The number of halogens is 3. The first-order valence-corrected chi connectivity index (χ1v) is 9.21. The number of ether oxygens (including phenoxy) is 1. The Bertz CT molecular complexity index is 547. The molecule has 0 radical (unpaired) electrons. The number of likely N-dealkylation sites (tertiary alicyclic amines) is 1. The molecule has 6 heteroatoms. The van der Waals surface area contributed by atoms with Gasteiger partial charge in [0.05, 0.1) is 19.3 Å². The van der Waals surface area contributed by atoms with Crippen molar-refractivity contribution in [2.75, 3.05) is 19.7 Å². The third-order valence-corrected chi connectivity index (χ3v) is 5.65. The zero-order valence-electron chi connectivity index (χ0n) is 13.7. The van der Waals surface area contributed by atoms with Gasteiger partial charge in [-0.25, -0.2) is 0 Å². The summed E-state index contributed by atoms with van der Waals surface area (Å²) in [5.41, 5.74) is 0.958. The van der Waals surface area contributed by atoms with E-state index in [9.17, 15) is 4.79 Å². The predicted octanol–water partition coefficient (Wildman–Crippen LogP) is 4.56. The molecule has 1 aliphatic heterocycles. The number of hydrogen-bond acceptors (Lipinski definition) is 3. The van der Waals surface area contributed by atoms with Gasteiger partial charge in [-0.1, -0.05) is 42.1 Å². The molecule has 0 amide bonds. The monoisotopic (exact) mass is 391 g/mol. The van der Waals surface area contributed by atoms with Crippen molar-refractivity contribution in [2.24, 2.45) is 0 Å². The maximum absolute atomic E-state index is 11.6. The second kappa shape index (κ2) is 9.40. The highest BCUT2D eigenvalue weighted by Crippen LogP contribution is 2.29. The van der Waals surface area contributed by atoms with Crippen LogP contribution in [-0.4, -0.2) is 42.5 Å². The van der Waals surface area contributed by atoms with Crippen molar-refractivity contribution in [1.82, 2.24) is 4.90 Å². The minimum Gasteiger partial charge on any atom is -0.376 e. The van der Waals surface area contributed by atoms with E-state index in [-0.39, 0.29) is 18.5 Å². The first kappa shape index (κ1) is 20.0. The predicted molar refractivity (Wildman–Crippen MR) is 101 cm³/mol. The van der Waals surface area contributed by atoms with Crippen LogP contribution in [-0.2, 0) is 16.0 Å². The topological polar surface area (TPSA) is 29.5 Å². The fraction of sp³-hybridized carbons (Fsp3) is 0.611. The Hall–Kier alpha value is -0.320. The minimum atomic E-state index is 0. The highest BCUT2D eigenvalue weighted by Gasteiger charge is 2.34.